The van der Waals surface area contributed by atoms with Crippen LogP contribution in [0.5, 0.6) is 0 Å². The van der Waals surface area contributed by atoms with Crippen molar-refractivity contribution in [1.29, 1.82) is 0 Å². The van der Waals surface area contributed by atoms with Crippen molar-refractivity contribution in [3.63, 3.8) is 0 Å². The number of rotatable bonds is 3. The molecule has 87 valence electrons. The number of amides is 1. The average Bonchev–Trinajstić information content (AvgIpc) is 2.59. The van der Waals surface area contributed by atoms with Gasteiger partial charge in [-0.2, -0.15) is 0 Å². The maximum Gasteiger partial charge on any atom is 0.408 e. The number of alkyl carbamates (subject to hydrolysis) is 1. The number of hydrogen-bond donors (Lipinski definition) is 2. The van der Waals surface area contributed by atoms with Gasteiger partial charge in [-0.05, 0) is 32.9 Å². The Balaban J connectivity index is 2.37. The first-order valence-corrected chi connectivity index (χ1v) is 4.94. The van der Waals surface area contributed by atoms with E-state index in [-0.39, 0.29) is 6.54 Å². The predicted octanol–water partition coefficient (Wildman–Crippen LogP) is 0.541. The molecule has 0 aromatic carbocycles. The first-order chi connectivity index (χ1) is 7.40. The summed E-state index contributed by atoms with van der Waals surface area (Å²) in [6.07, 6.45) is -0.501. The molecule has 0 unspecified atom stereocenters. The van der Waals surface area contributed by atoms with Gasteiger partial charge in [0.25, 0.3) is 0 Å². The molecule has 2 N–H and O–H groups in total. The molecular formula is C10H15BNO4. The maximum absolute atomic E-state index is 11.3. The van der Waals surface area contributed by atoms with Crippen LogP contribution in [0.4, 0.5) is 4.79 Å². The van der Waals surface area contributed by atoms with E-state index in [1.165, 1.54) is 0 Å². The molecule has 1 rings (SSSR count). The summed E-state index contributed by atoms with van der Waals surface area (Å²) in [6.45, 7) is 5.59. The van der Waals surface area contributed by atoms with E-state index in [0.29, 0.717) is 11.4 Å². The fourth-order valence-corrected chi connectivity index (χ4v) is 1.03. The first-order valence-electron chi connectivity index (χ1n) is 4.94. The Bertz CT molecular complexity index is 356. The van der Waals surface area contributed by atoms with Crippen molar-refractivity contribution in [3.8, 4) is 0 Å². The molecule has 0 aliphatic rings. The zero-order chi connectivity index (χ0) is 12.2. The van der Waals surface area contributed by atoms with Crippen LogP contribution in [0, 0.1) is 0 Å². The summed E-state index contributed by atoms with van der Waals surface area (Å²) in [4.78, 5) is 11.3. The third kappa shape index (κ3) is 4.40. The Morgan fingerprint density at radius 3 is 2.75 bits per heavy atom. The molecule has 1 radical (unpaired) electrons. The molecule has 16 heavy (non-hydrogen) atoms. The van der Waals surface area contributed by atoms with E-state index in [1.807, 2.05) is 0 Å². The van der Waals surface area contributed by atoms with E-state index >= 15 is 0 Å². The van der Waals surface area contributed by atoms with Gasteiger partial charge in [0, 0.05) is 0 Å². The van der Waals surface area contributed by atoms with Crippen molar-refractivity contribution < 1.29 is 19.0 Å². The lowest BCUT2D eigenvalue weighted by Crippen LogP contribution is -2.32. The summed E-state index contributed by atoms with van der Waals surface area (Å²) in [5.41, 5.74) is -0.168. The second-order valence-electron chi connectivity index (χ2n) is 4.29. The van der Waals surface area contributed by atoms with Crippen molar-refractivity contribution in [1.82, 2.24) is 5.32 Å². The van der Waals surface area contributed by atoms with Crippen molar-refractivity contribution in [2.24, 2.45) is 0 Å². The first kappa shape index (κ1) is 12.6. The standard InChI is InChI=1S/C10H15BNO4/c1-10(2,3)16-9(13)12-6-7-4-5-8(11-14)15-7/h4-5,14H,6H2,1-3H3,(H,12,13). The summed E-state index contributed by atoms with van der Waals surface area (Å²) in [5, 5.41) is 11.2. The van der Waals surface area contributed by atoms with Gasteiger partial charge in [-0.3, -0.25) is 0 Å². The number of carbonyl (C=O) groups excluding carboxylic acids is 1. The van der Waals surface area contributed by atoms with E-state index in [9.17, 15) is 4.79 Å². The quantitative estimate of drug-likeness (QED) is 0.735. The van der Waals surface area contributed by atoms with E-state index in [0.717, 1.165) is 7.48 Å². The van der Waals surface area contributed by atoms with Crippen molar-refractivity contribution in [2.75, 3.05) is 0 Å². The summed E-state index contributed by atoms with van der Waals surface area (Å²) < 4.78 is 10.2. The Labute approximate surface area is 95.1 Å². The highest BCUT2D eigenvalue weighted by Gasteiger charge is 2.16. The molecular weight excluding hydrogens is 209 g/mol. The lowest BCUT2D eigenvalue weighted by Gasteiger charge is -2.19. The van der Waals surface area contributed by atoms with Crippen molar-refractivity contribution >= 4 is 19.2 Å². The van der Waals surface area contributed by atoms with Crippen molar-refractivity contribution in [3.05, 3.63) is 17.9 Å². The van der Waals surface area contributed by atoms with Crippen LogP contribution in [-0.2, 0) is 11.3 Å². The third-order valence-electron chi connectivity index (χ3n) is 1.62. The maximum atomic E-state index is 11.3. The minimum Gasteiger partial charge on any atom is -0.472 e. The van der Waals surface area contributed by atoms with Gasteiger partial charge in [0.05, 0.1) is 12.2 Å². The van der Waals surface area contributed by atoms with Crippen molar-refractivity contribution in [2.45, 2.75) is 32.9 Å². The Kier molecular flexibility index (Phi) is 4.01. The molecule has 0 fully saturated rings. The second-order valence-corrected chi connectivity index (χ2v) is 4.29. The van der Waals surface area contributed by atoms with Crippen LogP contribution in [0.3, 0.4) is 0 Å². The Morgan fingerprint density at radius 1 is 1.56 bits per heavy atom. The van der Waals surface area contributed by atoms with Gasteiger partial charge in [0.2, 0.25) is 0 Å². The molecule has 0 aliphatic heterocycles. The van der Waals surface area contributed by atoms with Crippen LogP contribution < -0.4 is 11.0 Å². The molecule has 1 heterocycles. The lowest BCUT2D eigenvalue weighted by atomic mass is 9.99. The largest absolute Gasteiger partial charge is 0.472 e. The zero-order valence-corrected chi connectivity index (χ0v) is 9.61. The highest BCUT2D eigenvalue weighted by atomic mass is 16.6. The molecule has 0 saturated heterocycles. The van der Waals surface area contributed by atoms with E-state index in [1.54, 1.807) is 32.9 Å². The van der Waals surface area contributed by atoms with Crippen LogP contribution in [0.15, 0.2) is 16.5 Å². The van der Waals surface area contributed by atoms with Gasteiger partial charge in [-0.1, -0.05) is 0 Å². The third-order valence-corrected chi connectivity index (χ3v) is 1.62. The van der Waals surface area contributed by atoms with Crippen LogP contribution in [0.25, 0.3) is 0 Å². The van der Waals surface area contributed by atoms with Gasteiger partial charge in [0.1, 0.15) is 11.4 Å². The fourth-order valence-electron chi connectivity index (χ4n) is 1.03. The molecule has 0 atom stereocenters. The topological polar surface area (TPSA) is 71.7 Å². The molecule has 1 aromatic heterocycles. The predicted molar refractivity (Wildman–Crippen MR) is 59.4 cm³/mol. The minimum absolute atomic E-state index is 0.225. The van der Waals surface area contributed by atoms with Gasteiger partial charge in [-0.15, -0.1) is 0 Å². The van der Waals surface area contributed by atoms with Crippen LogP contribution in [0.2, 0.25) is 0 Å². The van der Waals surface area contributed by atoms with Crippen LogP contribution >= 0.6 is 0 Å². The summed E-state index contributed by atoms with van der Waals surface area (Å²) in [6, 6.07) is 3.27. The van der Waals surface area contributed by atoms with E-state index in [2.05, 4.69) is 5.32 Å². The SMILES string of the molecule is CC(C)(C)OC(=O)NCc1ccc([B]O)o1. The highest BCUT2D eigenvalue weighted by Crippen LogP contribution is 2.06. The second kappa shape index (κ2) is 5.07. The molecule has 6 heteroatoms. The van der Waals surface area contributed by atoms with E-state index in [4.69, 9.17) is 14.2 Å². The molecule has 5 nitrogen and oxygen atoms in total. The fraction of sp³-hybridized carbons (Fsp3) is 0.500. The molecule has 1 aromatic rings. The number of hydrogen-bond acceptors (Lipinski definition) is 4. The van der Waals surface area contributed by atoms with Gasteiger partial charge < -0.3 is 19.5 Å². The molecule has 0 saturated carbocycles. The average molecular weight is 224 g/mol. The highest BCUT2D eigenvalue weighted by molar-refractivity contribution is 6.43. The van der Waals surface area contributed by atoms with Gasteiger partial charge in [-0.25, -0.2) is 4.79 Å². The normalized spacial score (nSPS) is 11.0. The zero-order valence-electron chi connectivity index (χ0n) is 9.61. The number of nitrogens with one attached hydrogen (secondary N) is 1. The van der Waals surface area contributed by atoms with E-state index < -0.39 is 11.7 Å². The monoisotopic (exact) mass is 224 g/mol. The molecule has 0 spiro atoms. The molecule has 0 aliphatic carbocycles. The lowest BCUT2D eigenvalue weighted by molar-refractivity contribution is 0.0520. The molecule has 1 amide bonds. The number of ether oxygens (including phenoxy) is 1. The summed E-state index contributed by atoms with van der Waals surface area (Å²) in [5.74, 6) is 0.547. The number of carbonyl (C=O) groups is 1. The van der Waals surface area contributed by atoms with Crippen LogP contribution in [0.1, 0.15) is 26.5 Å². The van der Waals surface area contributed by atoms with Gasteiger partial charge in [0.15, 0.2) is 0 Å². The number of furan rings is 1. The minimum atomic E-state index is -0.517. The Hall–Kier alpha value is -1.43. The summed E-state index contributed by atoms with van der Waals surface area (Å²) in [7, 11) is 0.858. The smallest absolute Gasteiger partial charge is 0.408 e. The van der Waals surface area contributed by atoms with Gasteiger partial charge >= 0.3 is 13.6 Å². The Morgan fingerprint density at radius 2 is 2.25 bits per heavy atom. The molecule has 0 bridgehead atoms. The summed E-state index contributed by atoms with van der Waals surface area (Å²) >= 11 is 0. The van der Waals surface area contributed by atoms with Crippen LogP contribution in [-0.4, -0.2) is 24.2 Å².